The zero-order chi connectivity index (χ0) is 14.5. The Bertz CT molecular complexity index is 427. The fourth-order valence-corrected chi connectivity index (χ4v) is 2.35. The van der Waals surface area contributed by atoms with Crippen molar-refractivity contribution in [3.05, 3.63) is 24.3 Å². The second-order valence-electron chi connectivity index (χ2n) is 5.48. The molecule has 1 aromatic rings. The maximum absolute atomic E-state index is 10.1. The highest BCUT2D eigenvalue weighted by molar-refractivity contribution is 5.43. The minimum atomic E-state index is -0.524. The summed E-state index contributed by atoms with van der Waals surface area (Å²) in [5.74, 6) is 0.687. The molecule has 0 amide bonds. The first-order valence-electron chi connectivity index (χ1n) is 7.06. The van der Waals surface area contributed by atoms with E-state index >= 15 is 0 Å². The van der Waals surface area contributed by atoms with Gasteiger partial charge in [-0.3, -0.25) is 4.90 Å². The van der Waals surface area contributed by atoms with Gasteiger partial charge in [-0.25, -0.2) is 0 Å². The van der Waals surface area contributed by atoms with Crippen LogP contribution < -0.4 is 10.5 Å². The van der Waals surface area contributed by atoms with Gasteiger partial charge in [0.15, 0.2) is 0 Å². The predicted molar refractivity (Wildman–Crippen MR) is 78.8 cm³/mol. The molecule has 5 heteroatoms. The number of morpholine rings is 1. The molecule has 1 heterocycles. The van der Waals surface area contributed by atoms with Crippen molar-refractivity contribution in [3.63, 3.8) is 0 Å². The molecule has 0 aromatic heterocycles. The summed E-state index contributed by atoms with van der Waals surface area (Å²) in [5, 5.41) is 10.1. The molecule has 1 fully saturated rings. The van der Waals surface area contributed by atoms with Crippen LogP contribution in [0.25, 0.3) is 0 Å². The molecule has 0 aliphatic carbocycles. The molecule has 0 radical (unpaired) electrons. The standard InChI is InChI=1S/C15H24N2O3/c1-11-9-19-12(2)7-17(11)8-14(18)10-20-15-5-3-4-13(16)6-15/h3-6,11-12,14,18H,7-10,16H2,1-2H3. The van der Waals surface area contributed by atoms with Crippen LogP contribution in [0.3, 0.4) is 0 Å². The average Bonchev–Trinajstić information content (AvgIpc) is 2.41. The van der Waals surface area contributed by atoms with Gasteiger partial charge in [-0.1, -0.05) is 6.07 Å². The summed E-state index contributed by atoms with van der Waals surface area (Å²) in [6.45, 7) is 6.57. The van der Waals surface area contributed by atoms with E-state index in [1.807, 2.05) is 12.1 Å². The van der Waals surface area contributed by atoms with E-state index < -0.39 is 6.10 Å². The summed E-state index contributed by atoms with van der Waals surface area (Å²) in [5.41, 5.74) is 6.34. The maximum Gasteiger partial charge on any atom is 0.121 e. The highest BCUT2D eigenvalue weighted by Gasteiger charge is 2.25. The minimum absolute atomic E-state index is 0.216. The van der Waals surface area contributed by atoms with E-state index in [2.05, 4.69) is 18.7 Å². The van der Waals surface area contributed by atoms with Crippen molar-refractivity contribution in [2.24, 2.45) is 0 Å². The van der Waals surface area contributed by atoms with Gasteiger partial charge in [0.25, 0.3) is 0 Å². The summed E-state index contributed by atoms with van der Waals surface area (Å²) >= 11 is 0. The highest BCUT2D eigenvalue weighted by Crippen LogP contribution is 2.15. The first-order chi connectivity index (χ1) is 9.54. The van der Waals surface area contributed by atoms with Crippen molar-refractivity contribution in [1.29, 1.82) is 0 Å². The Balaban J connectivity index is 1.78. The molecule has 0 bridgehead atoms. The Labute approximate surface area is 120 Å². The molecule has 1 aliphatic heterocycles. The van der Waals surface area contributed by atoms with Crippen LogP contribution in [0.1, 0.15) is 13.8 Å². The first-order valence-corrected chi connectivity index (χ1v) is 7.06. The predicted octanol–water partition coefficient (Wildman–Crippen LogP) is 1.12. The summed E-state index contributed by atoms with van der Waals surface area (Å²) in [7, 11) is 0. The Kier molecular flexibility index (Phi) is 5.23. The lowest BCUT2D eigenvalue weighted by molar-refractivity contribution is -0.0650. The van der Waals surface area contributed by atoms with Gasteiger partial charge in [0.05, 0.1) is 12.7 Å². The van der Waals surface area contributed by atoms with Crippen LogP contribution >= 0.6 is 0 Å². The number of nitrogens with two attached hydrogens (primary N) is 1. The quantitative estimate of drug-likeness (QED) is 0.791. The van der Waals surface area contributed by atoms with E-state index in [1.165, 1.54) is 0 Å². The number of aliphatic hydroxyl groups is 1. The molecule has 3 N–H and O–H groups in total. The zero-order valence-electron chi connectivity index (χ0n) is 12.2. The number of nitrogen functional groups attached to an aromatic ring is 1. The van der Waals surface area contributed by atoms with E-state index in [-0.39, 0.29) is 12.7 Å². The number of ether oxygens (including phenoxy) is 2. The van der Waals surface area contributed by atoms with Gasteiger partial charge in [-0.05, 0) is 26.0 Å². The van der Waals surface area contributed by atoms with Crippen LogP contribution in [0.15, 0.2) is 24.3 Å². The largest absolute Gasteiger partial charge is 0.491 e. The third-order valence-electron chi connectivity index (χ3n) is 3.48. The van der Waals surface area contributed by atoms with Gasteiger partial charge in [0.1, 0.15) is 18.5 Å². The minimum Gasteiger partial charge on any atom is -0.491 e. The van der Waals surface area contributed by atoms with Crippen molar-refractivity contribution in [2.75, 3.05) is 32.0 Å². The van der Waals surface area contributed by atoms with Crippen molar-refractivity contribution in [3.8, 4) is 5.75 Å². The Morgan fingerprint density at radius 1 is 1.50 bits per heavy atom. The molecule has 1 aromatic carbocycles. The third-order valence-corrected chi connectivity index (χ3v) is 3.48. The summed E-state index contributed by atoms with van der Waals surface area (Å²) in [6, 6.07) is 7.56. The van der Waals surface area contributed by atoms with Gasteiger partial charge in [0.2, 0.25) is 0 Å². The number of nitrogens with zero attached hydrogens (tertiary/aromatic N) is 1. The van der Waals surface area contributed by atoms with Crippen LogP contribution in [0, 0.1) is 0 Å². The second-order valence-corrected chi connectivity index (χ2v) is 5.48. The normalized spacial score (nSPS) is 25.4. The number of hydrogen-bond acceptors (Lipinski definition) is 5. The Morgan fingerprint density at radius 3 is 3.05 bits per heavy atom. The first kappa shape index (κ1) is 15.1. The summed E-state index contributed by atoms with van der Waals surface area (Å²) in [4.78, 5) is 2.24. The lowest BCUT2D eigenvalue weighted by Crippen LogP contribution is -2.50. The van der Waals surface area contributed by atoms with E-state index in [1.54, 1.807) is 12.1 Å². The number of benzene rings is 1. The van der Waals surface area contributed by atoms with Crippen LogP contribution in [0.4, 0.5) is 5.69 Å². The number of anilines is 1. The number of rotatable bonds is 5. The van der Waals surface area contributed by atoms with Gasteiger partial charge in [-0.2, -0.15) is 0 Å². The van der Waals surface area contributed by atoms with Gasteiger partial charge in [0, 0.05) is 30.9 Å². The van der Waals surface area contributed by atoms with E-state index in [0.29, 0.717) is 30.6 Å². The Hall–Kier alpha value is -1.30. The molecular weight excluding hydrogens is 256 g/mol. The van der Waals surface area contributed by atoms with Gasteiger partial charge in [-0.15, -0.1) is 0 Å². The fourth-order valence-electron chi connectivity index (χ4n) is 2.35. The highest BCUT2D eigenvalue weighted by atomic mass is 16.5. The van der Waals surface area contributed by atoms with Crippen molar-refractivity contribution >= 4 is 5.69 Å². The molecule has 3 atom stereocenters. The molecule has 3 unspecified atom stereocenters. The monoisotopic (exact) mass is 280 g/mol. The summed E-state index contributed by atoms with van der Waals surface area (Å²) in [6.07, 6.45) is -0.308. The van der Waals surface area contributed by atoms with Gasteiger partial charge >= 0.3 is 0 Å². The molecule has 1 aliphatic rings. The van der Waals surface area contributed by atoms with Crippen LogP contribution in [0.5, 0.6) is 5.75 Å². The topological polar surface area (TPSA) is 68.0 Å². The molecule has 5 nitrogen and oxygen atoms in total. The fraction of sp³-hybridized carbons (Fsp3) is 0.600. The second kappa shape index (κ2) is 6.92. The average molecular weight is 280 g/mol. The smallest absolute Gasteiger partial charge is 0.121 e. The van der Waals surface area contributed by atoms with Crippen LogP contribution in [-0.4, -0.2) is 54.6 Å². The summed E-state index contributed by atoms with van der Waals surface area (Å²) < 4.78 is 11.1. The van der Waals surface area contributed by atoms with E-state index in [9.17, 15) is 5.11 Å². The molecule has 2 rings (SSSR count). The van der Waals surface area contributed by atoms with Crippen LogP contribution in [0.2, 0.25) is 0 Å². The van der Waals surface area contributed by atoms with E-state index in [0.717, 1.165) is 6.54 Å². The van der Waals surface area contributed by atoms with E-state index in [4.69, 9.17) is 15.2 Å². The molecule has 0 saturated carbocycles. The number of hydrogen-bond donors (Lipinski definition) is 2. The van der Waals surface area contributed by atoms with Crippen molar-refractivity contribution < 1.29 is 14.6 Å². The molecule has 0 spiro atoms. The Morgan fingerprint density at radius 2 is 2.30 bits per heavy atom. The zero-order valence-corrected chi connectivity index (χ0v) is 12.2. The number of aliphatic hydroxyl groups excluding tert-OH is 1. The molecule has 1 saturated heterocycles. The molecule has 112 valence electrons. The number of β-amino-alcohol motifs (C(OH)–C–C–N with tert-alkyl or cyclic N) is 1. The van der Waals surface area contributed by atoms with Crippen molar-refractivity contribution in [1.82, 2.24) is 4.90 Å². The SMILES string of the molecule is CC1CN(CC(O)COc2cccc(N)c2)C(C)CO1. The molecule has 20 heavy (non-hydrogen) atoms. The maximum atomic E-state index is 10.1. The van der Waals surface area contributed by atoms with Crippen LogP contribution in [-0.2, 0) is 4.74 Å². The van der Waals surface area contributed by atoms with Gasteiger partial charge < -0.3 is 20.3 Å². The molecular formula is C15H24N2O3. The third kappa shape index (κ3) is 4.37. The lowest BCUT2D eigenvalue weighted by Gasteiger charge is -2.37. The van der Waals surface area contributed by atoms with Crippen molar-refractivity contribution in [2.45, 2.75) is 32.1 Å². The lowest BCUT2D eigenvalue weighted by atomic mass is 10.2.